The van der Waals surface area contributed by atoms with Crippen LogP contribution in [0.25, 0.3) is 0 Å². The van der Waals surface area contributed by atoms with E-state index in [0.717, 1.165) is 17.8 Å². The van der Waals surface area contributed by atoms with E-state index in [9.17, 15) is 24.8 Å². The predicted molar refractivity (Wildman–Crippen MR) is 101 cm³/mol. The molecule has 10 heteroatoms. The molecule has 9 nitrogen and oxygen atoms in total. The second kappa shape index (κ2) is 8.05. The first kappa shape index (κ1) is 19.3. The number of nitrogens with zero attached hydrogens (tertiary/aromatic N) is 2. The van der Waals surface area contributed by atoms with Crippen LogP contribution in [0.1, 0.15) is 17.0 Å². The van der Waals surface area contributed by atoms with Crippen LogP contribution in [0, 0.1) is 16.0 Å². The highest BCUT2D eigenvalue weighted by atomic mass is 35.5. The number of hydrogen-bond acceptors (Lipinski definition) is 6. The highest BCUT2D eigenvalue weighted by Gasteiger charge is 2.40. The lowest BCUT2D eigenvalue weighted by Crippen LogP contribution is -2.34. The van der Waals surface area contributed by atoms with Gasteiger partial charge in [-0.2, -0.15) is 5.10 Å². The Bertz CT molecular complexity index is 964. The maximum atomic E-state index is 12.5. The van der Waals surface area contributed by atoms with Gasteiger partial charge in [-0.05, 0) is 11.6 Å². The number of carbonyl (C=O) groups excluding carboxylic acids is 2. The quantitative estimate of drug-likeness (QED) is 0.304. The Labute approximate surface area is 164 Å². The number of amides is 2. The highest BCUT2D eigenvalue weighted by molar-refractivity contribution is 6.31. The minimum absolute atomic E-state index is 0.0246. The summed E-state index contributed by atoms with van der Waals surface area (Å²) in [6.07, 6.45) is 1.02. The van der Waals surface area contributed by atoms with Gasteiger partial charge in [-0.25, -0.2) is 5.43 Å². The van der Waals surface area contributed by atoms with Crippen molar-refractivity contribution in [2.24, 2.45) is 11.0 Å². The van der Waals surface area contributed by atoms with E-state index < -0.39 is 34.1 Å². The summed E-state index contributed by atoms with van der Waals surface area (Å²) >= 11 is 5.80. The minimum Gasteiger partial charge on any atom is -0.502 e. The number of hydrazone groups is 1. The van der Waals surface area contributed by atoms with Crippen molar-refractivity contribution >= 4 is 35.3 Å². The van der Waals surface area contributed by atoms with Gasteiger partial charge in [-0.15, -0.1) is 0 Å². The number of benzene rings is 2. The molecule has 1 fully saturated rings. The first-order valence-corrected chi connectivity index (χ1v) is 8.58. The van der Waals surface area contributed by atoms with Crippen molar-refractivity contribution in [3.8, 4) is 5.75 Å². The molecule has 3 N–H and O–H groups in total. The third kappa shape index (κ3) is 3.94. The summed E-state index contributed by atoms with van der Waals surface area (Å²) in [6, 6.07) is 11.4. The Morgan fingerprint density at radius 2 is 2.07 bits per heavy atom. The van der Waals surface area contributed by atoms with Crippen molar-refractivity contribution in [3.63, 3.8) is 0 Å². The molecule has 0 aliphatic carbocycles. The Hall–Kier alpha value is -3.46. The molecule has 2 amide bonds. The third-order valence-electron chi connectivity index (χ3n) is 4.35. The van der Waals surface area contributed by atoms with Crippen LogP contribution in [-0.4, -0.2) is 34.6 Å². The van der Waals surface area contributed by atoms with Gasteiger partial charge in [-0.1, -0.05) is 41.9 Å². The zero-order valence-corrected chi connectivity index (χ0v) is 15.1. The second-order valence-corrected chi connectivity index (χ2v) is 6.53. The number of phenolic OH excluding ortho intramolecular Hbond substituents is 1. The predicted octanol–water partition coefficient (Wildman–Crippen LogP) is 1.93. The summed E-state index contributed by atoms with van der Waals surface area (Å²) in [5, 5.41) is 27.2. The van der Waals surface area contributed by atoms with E-state index in [0.29, 0.717) is 6.54 Å². The van der Waals surface area contributed by atoms with E-state index in [2.05, 4.69) is 15.8 Å². The summed E-state index contributed by atoms with van der Waals surface area (Å²) in [6.45, 7) is 0.325. The molecule has 0 aromatic heterocycles. The van der Waals surface area contributed by atoms with Gasteiger partial charge in [0.2, 0.25) is 11.7 Å². The van der Waals surface area contributed by atoms with Gasteiger partial charge >= 0.3 is 5.69 Å². The summed E-state index contributed by atoms with van der Waals surface area (Å²) in [7, 11) is 0. The standard InChI is InChI=1S/C18H15ClN4O5/c19-12-6-11(16(24)14(7-12)23(27)28)8-21-22-18(26)15-13(9-20-17(15)25)10-4-2-1-3-5-10/h1-8,13,15,24H,9H2,(H,20,25)(H,22,26)/b21-8+/t13-,15+/m1/s1. The number of aromatic hydroxyl groups is 1. The van der Waals surface area contributed by atoms with Gasteiger partial charge in [0, 0.05) is 29.1 Å². The van der Waals surface area contributed by atoms with E-state index in [4.69, 9.17) is 11.6 Å². The molecule has 3 rings (SSSR count). The smallest absolute Gasteiger partial charge is 0.312 e. The van der Waals surface area contributed by atoms with E-state index >= 15 is 0 Å². The Kier molecular flexibility index (Phi) is 5.55. The van der Waals surface area contributed by atoms with Crippen LogP contribution < -0.4 is 10.7 Å². The second-order valence-electron chi connectivity index (χ2n) is 6.09. The lowest BCUT2D eigenvalue weighted by molar-refractivity contribution is -0.385. The number of rotatable bonds is 5. The third-order valence-corrected chi connectivity index (χ3v) is 4.57. The number of nitro groups is 1. The van der Waals surface area contributed by atoms with Crippen molar-refractivity contribution in [3.05, 3.63) is 68.7 Å². The monoisotopic (exact) mass is 402 g/mol. The fraction of sp³-hybridized carbons (Fsp3) is 0.167. The summed E-state index contributed by atoms with van der Waals surface area (Å²) in [5.74, 6) is -2.99. The van der Waals surface area contributed by atoms with Crippen LogP contribution in [-0.2, 0) is 9.59 Å². The first-order valence-electron chi connectivity index (χ1n) is 8.21. The van der Waals surface area contributed by atoms with Gasteiger partial charge in [0.1, 0.15) is 5.92 Å². The van der Waals surface area contributed by atoms with Crippen LogP contribution in [0.5, 0.6) is 5.75 Å². The van der Waals surface area contributed by atoms with Gasteiger partial charge < -0.3 is 10.4 Å². The molecule has 2 atom stereocenters. The number of carbonyl (C=O) groups is 2. The van der Waals surface area contributed by atoms with Gasteiger partial charge in [-0.3, -0.25) is 19.7 Å². The molecule has 0 saturated carbocycles. The topological polar surface area (TPSA) is 134 Å². The van der Waals surface area contributed by atoms with E-state index in [1.165, 1.54) is 6.07 Å². The molecule has 1 saturated heterocycles. The Morgan fingerprint density at radius 1 is 1.36 bits per heavy atom. The molecule has 0 spiro atoms. The van der Waals surface area contributed by atoms with Crippen LogP contribution in [0.3, 0.4) is 0 Å². The molecule has 2 aromatic rings. The molecule has 0 unspecified atom stereocenters. The van der Waals surface area contributed by atoms with Crippen molar-refractivity contribution in [1.82, 2.24) is 10.7 Å². The number of nitrogens with one attached hydrogen (secondary N) is 2. The van der Waals surface area contributed by atoms with E-state index in [1.54, 1.807) is 0 Å². The molecular formula is C18H15ClN4O5. The molecule has 0 radical (unpaired) electrons. The Balaban J connectivity index is 1.76. The molecule has 28 heavy (non-hydrogen) atoms. The SMILES string of the molecule is O=C1NC[C@H](c2ccccc2)[C@@H]1C(=O)N/N=C/c1cc(Cl)cc([N+](=O)[O-])c1O. The Morgan fingerprint density at radius 3 is 2.75 bits per heavy atom. The van der Waals surface area contributed by atoms with Crippen molar-refractivity contribution in [2.45, 2.75) is 5.92 Å². The van der Waals surface area contributed by atoms with Gasteiger partial charge in [0.15, 0.2) is 0 Å². The van der Waals surface area contributed by atoms with E-state index in [1.807, 2.05) is 30.3 Å². The zero-order valence-electron chi connectivity index (χ0n) is 14.3. The molecule has 0 bridgehead atoms. The zero-order chi connectivity index (χ0) is 20.3. The minimum atomic E-state index is -0.971. The van der Waals surface area contributed by atoms with Gasteiger partial charge in [0.05, 0.1) is 11.1 Å². The van der Waals surface area contributed by atoms with Crippen molar-refractivity contribution in [2.75, 3.05) is 6.54 Å². The largest absolute Gasteiger partial charge is 0.502 e. The number of phenols is 1. The highest BCUT2D eigenvalue weighted by Crippen LogP contribution is 2.32. The number of nitro benzene ring substituents is 1. The lowest BCUT2D eigenvalue weighted by atomic mass is 9.88. The average Bonchev–Trinajstić information content (AvgIpc) is 3.06. The number of halogens is 1. The molecule has 1 aliphatic rings. The molecule has 1 aliphatic heterocycles. The summed E-state index contributed by atoms with van der Waals surface area (Å²) < 4.78 is 0. The molecule has 2 aromatic carbocycles. The van der Waals surface area contributed by atoms with Crippen LogP contribution in [0.2, 0.25) is 5.02 Å². The molecular weight excluding hydrogens is 388 g/mol. The van der Waals surface area contributed by atoms with Crippen LogP contribution in [0.4, 0.5) is 5.69 Å². The normalized spacial score (nSPS) is 18.8. The fourth-order valence-electron chi connectivity index (χ4n) is 3.01. The van der Waals surface area contributed by atoms with Crippen LogP contribution in [0.15, 0.2) is 47.6 Å². The molecule has 1 heterocycles. The van der Waals surface area contributed by atoms with E-state index in [-0.39, 0.29) is 16.5 Å². The maximum absolute atomic E-state index is 12.5. The first-order chi connectivity index (χ1) is 13.4. The maximum Gasteiger partial charge on any atom is 0.312 e. The molecule has 144 valence electrons. The lowest BCUT2D eigenvalue weighted by Gasteiger charge is -2.15. The summed E-state index contributed by atoms with van der Waals surface area (Å²) in [5.41, 5.74) is 2.46. The van der Waals surface area contributed by atoms with Crippen LogP contribution >= 0.6 is 11.6 Å². The van der Waals surface area contributed by atoms with Crippen molar-refractivity contribution < 1.29 is 19.6 Å². The van der Waals surface area contributed by atoms with Gasteiger partial charge in [0.25, 0.3) is 5.91 Å². The average molecular weight is 403 g/mol. The number of hydrogen-bond donors (Lipinski definition) is 3. The summed E-state index contributed by atoms with van der Waals surface area (Å²) in [4.78, 5) is 34.7. The fourth-order valence-corrected chi connectivity index (χ4v) is 3.23. The van der Waals surface area contributed by atoms with Crippen molar-refractivity contribution in [1.29, 1.82) is 0 Å².